The molecule has 2 aliphatic heterocycles. The van der Waals surface area contributed by atoms with E-state index in [1.807, 2.05) is 48.5 Å². The van der Waals surface area contributed by atoms with E-state index in [0.29, 0.717) is 23.0 Å². The highest BCUT2D eigenvalue weighted by atomic mass is 16.5. The molecule has 0 aliphatic carbocycles. The SMILES string of the molecule is CC(C)(c1ccc(Oc2ccc3c(c2)C(=O)N(c2nccnn2)C3=O)cc1)c1ccc(Oc2ccc3c(c2)C(=O)N(c2nccnn2)C3=O)cc1. The average Bonchev–Trinajstić information content (AvgIpc) is 3.55. The number of hydrogen-bond acceptors (Lipinski definition) is 12. The number of amides is 4. The first kappa shape index (κ1) is 31.1. The maximum atomic E-state index is 13.0. The fourth-order valence-corrected chi connectivity index (χ4v) is 5.93. The third-order valence-electron chi connectivity index (χ3n) is 8.68. The number of aromatic nitrogens is 6. The second kappa shape index (κ2) is 12.0. The van der Waals surface area contributed by atoms with Gasteiger partial charge in [-0.2, -0.15) is 10.2 Å². The van der Waals surface area contributed by atoms with Crippen molar-refractivity contribution in [3.63, 3.8) is 0 Å². The summed E-state index contributed by atoms with van der Waals surface area (Å²) in [7, 11) is 0. The van der Waals surface area contributed by atoms with Crippen molar-refractivity contribution >= 4 is 35.5 Å². The maximum absolute atomic E-state index is 13.0. The molecule has 0 atom stereocenters. The van der Waals surface area contributed by atoms with Gasteiger partial charge in [-0.05, 0) is 71.8 Å². The van der Waals surface area contributed by atoms with E-state index in [4.69, 9.17) is 9.47 Å². The first-order chi connectivity index (χ1) is 24.7. The van der Waals surface area contributed by atoms with Gasteiger partial charge < -0.3 is 9.47 Å². The molecule has 0 radical (unpaired) electrons. The average molecular weight is 677 g/mol. The van der Waals surface area contributed by atoms with Crippen LogP contribution in [-0.4, -0.2) is 54.0 Å². The van der Waals surface area contributed by atoms with Gasteiger partial charge in [-0.1, -0.05) is 38.1 Å². The lowest BCUT2D eigenvalue weighted by molar-refractivity contribution is 0.0907. The summed E-state index contributed by atoms with van der Waals surface area (Å²) in [6, 6.07) is 24.6. The van der Waals surface area contributed by atoms with Crippen molar-refractivity contribution < 1.29 is 28.7 Å². The predicted molar refractivity (Wildman–Crippen MR) is 180 cm³/mol. The van der Waals surface area contributed by atoms with E-state index in [9.17, 15) is 19.2 Å². The minimum Gasteiger partial charge on any atom is -0.457 e. The summed E-state index contributed by atoms with van der Waals surface area (Å²) in [6.07, 6.45) is 5.43. The summed E-state index contributed by atoms with van der Waals surface area (Å²) < 4.78 is 12.1. The van der Waals surface area contributed by atoms with Gasteiger partial charge >= 0.3 is 0 Å². The fourth-order valence-electron chi connectivity index (χ4n) is 5.93. The molecule has 51 heavy (non-hydrogen) atoms. The maximum Gasteiger partial charge on any atom is 0.268 e. The largest absolute Gasteiger partial charge is 0.457 e. The monoisotopic (exact) mass is 676 g/mol. The summed E-state index contributed by atoms with van der Waals surface area (Å²) in [5, 5.41) is 15.0. The molecule has 14 nitrogen and oxygen atoms in total. The summed E-state index contributed by atoms with van der Waals surface area (Å²) in [5.41, 5.74) is 2.50. The van der Waals surface area contributed by atoms with E-state index in [2.05, 4.69) is 44.2 Å². The summed E-state index contributed by atoms with van der Waals surface area (Å²) in [6.45, 7) is 4.20. The van der Waals surface area contributed by atoms with Crippen molar-refractivity contribution in [2.45, 2.75) is 19.3 Å². The van der Waals surface area contributed by atoms with E-state index in [1.54, 1.807) is 24.3 Å². The van der Waals surface area contributed by atoms with Gasteiger partial charge in [0.05, 0.1) is 47.0 Å². The summed E-state index contributed by atoms with van der Waals surface area (Å²) >= 11 is 0. The number of anilines is 2. The number of hydrogen-bond donors (Lipinski definition) is 0. The van der Waals surface area contributed by atoms with E-state index in [1.165, 1.54) is 36.9 Å². The third-order valence-corrected chi connectivity index (χ3v) is 8.68. The molecule has 0 N–H and O–H groups in total. The van der Waals surface area contributed by atoms with Crippen LogP contribution in [0.15, 0.2) is 110 Å². The van der Waals surface area contributed by atoms with Crippen molar-refractivity contribution in [1.82, 2.24) is 30.4 Å². The number of carbonyl (C=O) groups is 4. The Morgan fingerprint density at radius 3 is 1.22 bits per heavy atom. The van der Waals surface area contributed by atoms with Gasteiger partial charge in [0.15, 0.2) is 0 Å². The van der Waals surface area contributed by atoms with Crippen molar-refractivity contribution in [2.75, 3.05) is 9.80 Å². The van der Waals surface area contributed by atoms with E-state index in [-0.39, 0.29) is 34.2 Å². The third kappa shape index (κ3) is 5.40. The molecular formula is C37H24N8O6. The lowest BCUT2D eigenvalue weighted by atomic mass is 9.78. The Morgan fingerprint density at radius 1 is 0.471 bits per heavy atom. The molecule has 248 valence electrons. The fraction of sp³-hybridized carbons (Fsp3) is 0.0811. The van der Waals surface area contributed by atoms with Crippen LogP contribution in [0, 0.1) is 0 Å². The van der Waals surface area contributed by atoms with Gasteiger partial charge in [0.25, 0.3) is 35.5 Å². The lowest BCUT2D eigenvalue weighted by Gasteiger charge is -2.26. The molecule has 6 aromatic rings. The minimum absolute atomic E-state index is 0.0903. The molecule has 0 saturated heterocycles. The molecule has 0 unspecified atom stereocenters. The number of rotatable bonds is 8. The highest BCUT2D eigenvalue weighted by Crippen LogP contribution is 2.36. The van der Waals surface area contributed by atoms with Gasteiger partial charge in [-0.15, -0.1) is 10.2 Å². The van der Waals surface area contributed by atoms with Crippen molar-refractivity contribution in [3.8, 4) is 23.0 Å². The topological polar surface area (TPSA) is 171 Å². The molecule has 0 spiro atoms. The van der Waals surface area contributed by atoms with Gasteiger partial charge in [0, 0.05) is 5.41 Å². The second-order valence-electron chi connectivity index (χ2n) is 12.1. The van der Waals surface area contributed by atoms with Crippen LogP contribution in [0.1, 0.15) is 66.4 Å². The Balaban J connectivity index is 0.941. The van der Waals surface area contributed by atoms with Crippen LogP contribution in [0.5, 0.6) is 23.0 Å². The summed E-state index contributed by atoms with van der Waals surface area (Å²) in [4.78, 5) is 61.5. The molecule has 0 bridgehead atoms. The summed E-state index contributed by atoms with van der Waals surface area (Å²) in [5.74, 6) is -0.447. The Morgan fingerprint density at radius 2 is 0.843 bits per heavy atom. The Kier molecular flexibility index (Phi) is 7.33. The van der Waals surface area contributed by atoms with E-state index >= 15 is 0 Å². The zero-order chi connectivity index (χ0) is 35.3. The smallest absolute Gasteiger partial charge is 0.268 e. The van der Waals surface area contributed by atoms with E-state index < -0.39 is 29.0 Å². The predicted octanol–water partition coefficient (Wildman–Crippen LogP) is 5.57. The van der Waals surface area contributed by atoms with Crippen LogP contribution >= 0.6 is 0 Å². The van der Waals surface area contributed by atoms with Crippen molar-refractivity contribution in [1.29, 1.82) is 0 Å². The highest BCUT2D eigenvalue weighted by Gasteiger charge is 2.40. The zero-order valence-electron chi connectivity index (χ0n) is 26.9. The van der Waals surface area contributed by atoms with Crippen LogP contribution in [0.4, 0.5) is 11.9 Å². The van der Waals surface area contributed by atoms with Gasteiger partial charge in [0.2, 0.25) is 0 Å². The quantitative estimate of drug-likeness (QED) is 0.184. The number of imide groups is 2. The Bertz CT molecular complexity index is 2200. The number of fused-ring (bicyclic) bond motifs is 2. The second-order valence-corrected chi connectivity index (χ2v) is 12.1. The number of nitrogens with zero attached hydrogens (tertiary/aromatic N) is 8. The zero-order valence-corrected chi connectivity index (χ0v) is 26.9. The van der Waals surface area contributed by atoms with E-state index in [0.717, 1.165) is 20.9 Å². The molecular weight excluding hydrogens is 652 g/mol. The molecule has 4 amide bonds. The molecule has 0 fully saturated rings. The van der Waals surface area contributed by atoms with Crippen LogP contribution in [0.2, 0.25) is 0 Å². The van der Waals surface area contributed by atoms with Crippen molar-refractivity contribution in [3.05, 3.63) is 143 Å². The van der Waals surface area contributed by atoms with Crippen LogP contribution in [0.25, 0.3) is 0 Å². The standard InChI is InChI=1S/C37H24N8O6/c1-37(2,21-3-7-23(8-4-21)50-25-11-13-27-29(19-25)33(48)44(31(27)46)35-38-15-17-40-42-35)22-5-9-24(10-6-22)51-26-12-14-28-30(20-26)34(49)45(32(28)47)36-39-16-18-41-43-36/h3-20H,1-2H3. The number of benzene rings is 4. The van der Waals surface area contributed by atoms with Gasteiger partial charge in [0.1, 0.15) is 23.0 Å². The molecule has 8 rings (SSSR count). The van der Waals surface area contributed by atoms with Gasteiger partial charge in [-0.25, -0.2) is 19.8 Å². The normalized spacial score (nSPS) is 13.8. The molecule has 2 aliphatic rings. The van der Waals surface area contributed by atoms with Crippen LogP contribution in [0.3, 0.4) is 0 Å². The number of ether oxygens (including phenoxy) is 2. The molecule has 4 heterocycles. The van der Waals surface area contributed by atoms with Gasteiger partial charge in [-0.3, -0.25) is 19.2 Å². The first-order valence-electron chi connectivity index (χ1n) is 15.6. The Labute approximate surface area is 289 Å². The number of carbonyl (C=O) groups excluding carboxylic acids is 4. The minimum atomic E-state index is -0.551. The Hall–Kier alpha value is -7.22. The lowest BCUT2D eigenvalue weighted by Crippen LogP contribution is -2.31. The van der Waals surface area contributed by atoms with Crippen LogP contribution in [-0.2, 0) is 5.41 Å². The van der Waals surface area contributed by atoms with Crippen molar-refractivity contribution in [2.24, 2.45) is 0 Å². The molecule has 14 heteroatoms. The first-order valence-corrected chi connectivity index (χ1v) is 15.6. The molecule has 2 aromatic heterocycles. The molecule has 0 saturated carbocycles. The highest BCUT2D eigenvalue weighted by molar-refractivity contribution is 6.34. The molecule has 4 aromatic carbocycles. The van der Waals surface area contributed by atoms with Crippen LogP contribution < -0.4 is 19.3 Å².